The smallest absolute Gasteiger partial charge is 0.207 e. The summed E-state index contributed by atoms with van der Waals surface area (Å²) in [6.45, 7) is 0. The molecule has 0 amide bonds. The van der Waals surface area contributed by atoms with Crippen molar-refractivity contribution in [2.24, 2.45) is 0 Å². The lowest BCUT2D eigenvalue weighted by Gasteiger charge is -2.14. The minimum atomic E-state index is -3.78. The summed E-state index contributed by atoms with van der Waals surface area (Å²) >= 11 is 0. The Kier molecular flexibility index (Phi) is 4.82. The van der Waals surface area contributed by atoms with Crippen molar-refractivity contribution in [1.82, 2.24) is 0 Å². The maximum Gasteiger partial charge on any atom is 0.207 e. The van der Waals surface area contributed by atoms with E-state index in [1.807, 2.05) is 48.5 Å². The molecule has 4 nitrogen and oxygen atoms in total. The summed E-state index contributed by atoms with van der Waals surface area (Å²) < 4.78 is 27.4. The minimum absolute atomic E-state index is 0.257. The average molecular weight is 401 g/mol. The van der Waals surface area contributed by atoms with Gasteiger partial charge in [0.25, 0.3) is 0 Å². The van der Waals surface area contributed by atoms with Crippen LogP contribution < -0.4 is 11.5 Å². The zero-order valence-electron chi connectivity index (χ0n) is 15.6. The van der Waals surface area contributed by atoms with Crippen molar-refractivity contribution in [2.75, 3.05) is 11.5 Å². The van der Waals surface area contributed by atoms with E-state index in [1.54, 1.807) is 48.5 Å². The van der Waals surface area contributed by atoms with Crippen LogP contribution in [-0.4, -0.2) is 8.42 Å². The van der Waals surface area contributed by atoms with Gasteiger partial charge in [0.2, 0.25) is 9.84 Å². The van der Waals surface area contributed by atoms with E-state index in [9.17, 15) is 8.42 Å². The van der Waals surface area contributed by atoms with Gasteiger partial charge < -0.3 is 11.5 Å². The van der Waals surface area contributed by atoms with Crippen LogP contribution in [0.25, 0.3) is 22.3 Å². The van der Waals surface area contributed by atoms with Gasteiger partial charge in [-0.2, -0.15) is 0 Å². The lowest BCUT2D eigenvalue weighted by Crippen LogP contribution is -2.06. The summed E-state index contributed by atoms with van der Waals surface area (Å²) in [4.78, 5) is 0.514. The summed E-state index contributed by atoms with van der Waals surface area (Å²) in [6, 6.07) is 28.4. The third kappa shape index (κ3) is 3.60. The molecule has 4 rings (SSSR count). The Morgan fingerprint density at radius 2 is 0.828 bits per heavy atom. The molecule has 144 valence electrons. The zero-order valence-corrected chi connectivity index (χ0v) is 16.4. The first-order valence-electron chi connectivity index (χ1n) is 9.12. The Balaban J connectivity index is 1.90. The summed E-state index contributed by atoms with van der Waals surface area (Å²) in [7, 11) is -3.78. The number of anilines is 2. The second-order valence-electron chi connectivity index (χ2n) is 6.74. The van der Waals surface area contributed by atoms with E-state index in [0.29, 0.717) is 22.5 Å². The highest BCUT2D eigenvalue weighted by molar-refractivity contribution is 7.91. The Hall–Kier alpha value is -3.57. The monoisotopic (exact) mass is 400 g/mol. The second-order valence-corrected chi connectivity index (χ2v) is 8.63. The quantitative estimate of drug-likeness (QED) is 0.471. The van der Waals surface area contributed by atoms with Crippen LogP contribution in [0, 0.1) is 0 Å². The summed E-state index contributed by atoms with van der Waals surface area (Å²) in [6.07, 6.45) is 0. The lowest BCUT2D eigenvalue weighted by atomic mass is 10.1. The molecule has 0 spiro atoms. The molecule has 0 aliphatic heterocycles. The molecule has 4 aromatic rings. The molecular weight excluding hydrogens is 380 g/mol. The van der Waals surface area contributed by atoms with Crippen LogP contribution in [0.1, 0.15) is 0 Å². The minimum Gasteiger partial charge on any atom is -0.399 e. The van der Waals surface area contributed by atoms with Crippen LogP contribution in [0.4, 0.5) is 11.4 Å². The fraction of sp³-hybridized carbons (Fsp3) is 0. The normalized spacial score (nSPS) is 11.3. The third-order valence-corrected chi connectivity index (χ3v) is 6.67. The molecule has 0 heterocycles. The number of nitrogens with two attached hydrogens (primary N) is 2. The Morgan fingerprint density at radius 3 is 1.21 bits per heavy atom. The van der Waals surface area contributed by atoms with Gasteiger partial charge in [0.1, 0.15) is 0 Å². The van der Waals surface area contributed by atoms with Crippen LogP contribution in [0.2, 0.25) is 0 Å². The SMILES string of the molecule is Nc1ccc(-c2ccccc2S(=O)(=O)c2ccccc2-c2ccc(N)cc2)cc1. The number of rotatable bonds is 4. The molecule has 0 unspecified atom stereocenters. The van der Waals surface area contributed by atoms with Crippen molar-refractivity contribution < 1.29 is 8.42 Å². The summed E-state index contributed by atoms with van der Waals surface area (Å²) in [5, 5.41) is 0. The molecule has 0 saturated carbocycles. The maximum atomic E-state index is 13.7. The number of benzene rings is 4. The molecule has 0 aliphatic carbocycles. The highest BCUT2D eigenvalue weighted by Gasteiger charge is 2.24. The fourth-order valence-corrected chi connectivity index (χ4v) is 5.03. The first-order valence-corrected chi connectivity index (χ1v) is 10.6. The van der Waals surface area contributed by atoms with Gasteiger partial charge >= 0.3 is 0 Å². The topological polar surface area (TPSA) is 86.2 Å². The van der Waals surface area contributed by atoms with Gasteiger partial charge in [-0.1, -0.05) is 60.7 Å². The molecule has 0 atom stereocenters. The Bertz CT molecular complexity index is 1170. The lowest BCUT2D eigenvalue weighted by molar-refractivity contribution is 0.596. The summed E-state index contributed by atoms with van der Waals surface area (Å²) in [5.74, 6) is 0. The maximum absolute atomic E-state index is 13.7. The van der Waals surface area contributed by atoms with Crippen LogP contribution in [-0.2, 0) is 9.84 Å². The van der Waals surface area contributed by atoms with Crippen molar-refractivity contribution in [2.45, 2.75) is 9.79 Å². The molecular formula is C24H20N2O2S. The average Bonchev–Trinajstić information content (AvgIpc) is 2.75. The standard InChI is InChI=1S/C24H20N2O2S/c25-19-13-9-17(10-14-19)21-5-1-3-7-23(21)29(27,28)24-8-4-2-6-22(24)18-11-15-20(26)16-12-18/h1-16H,25-26H2. The van der Waals surface area contributed by atoms with Crippen molar-refractivity contribution in [3.63, 3.8) is 0 Å². The second kappa shape index (κ2) is 7.45. The molecule has 4 N–H and O–H groups in total. The molecule has 0 aliphatic rings. The van der Waals surface area contributed by atoms with Gasteiger partial charge in [-0.05, 0) is 47.5 Å². The van der Waals surface area contributed by atoms with E-state index >= 15 is 0 Å². The highest BCUT2D eigenvalue weighted by Crippen LogP contribution is 2.36. The van der Waals surface area contributed by atoms with Crippen LogP contribution in [0.5, 0.6) is 0 Å². The molecule has 0 aromatic heterocycles. The van der Waals surface area contributed by atoms with Crippen molar-refractivity contribution in [3.8, 4) is 22.3 Å². The van der Waals surface area contributed by atoms with Crippen LogP contribution >= 0.6 is 0 Å². The first kappa shape index (κ1) is 18.8. The van der Waals surface area contributed by atoms with Gasteiger partial charge in [0.15, 0.2) is 0 Å². The van der Waals surface area contributed by atoms with Crippen molar-refractivity contribution in [3.05, 3.63) is 97.1 Å². The van der Waals surface area contributed by atoms with Crippen LogP contribution in [0.3, 0.4) is 0 Å². The van der Waals surface area contributed by atoms with E-state index in [4.69, 9.17) is 11.5 Å². The Labute approximate surface area is 170 Å². The largest absolute Gasteiger partial charge is 0.399 e. The molecule has 4 aromatic carbocycles. The van der Waals surface area contributed by atoms with Gasteiger partial charge in [-0.25, -0.2) is 8.42 Å². The molecule has 29 heavy (non-hydrogen) atoms. The number of hydrogen-bond acceptors (Lipinski definition) is 4. The van der Waals surface area contributed by atoms with E-state index in [2.05, 4.69) is 0 Å². The number of sulfone groups is 1. The fourth-order valence-electron chi connectivity index (χ4n) is 3.32. The predicted molar refractivity (Wildman–Crippen MR) is 118 cm³/mol. The molecule has 0 radical (unpaired) electrons. The van der Waals surface area contributed by atoms with Gasteiger partial charge in [0.05, 0.1) is 9.79 Å². The van der Waals surface area contributed by atoms with Gasteiger partial charge in [-0.3, -0.25) is 0 Å². The van der Waals surface area contributed by atoms with Gasteiger partial charge in [-0.15, -0.1) is 0 Å². The van der Waals surface area contributed by atoms with Crippen molar-refractivity contribution >= 4 is 21.2 Å². The predicted octanol–water partition coefficient (Wildman–Crippen LogP) is 5.02. The Morgan fingerprint density at radius 1 is 0.483 bits per heavy atom. The first-order chi connectivity index (χ1) is 14.0. The zero-order chi connectivity index (χ0) is 20.4. The molecule has 0 fully saturated rings. The van der Waals surface area contributed by atoms with E-state index in [1.165, 1.54) is 0 Å². The van der Waals surface area contributed by atoms with E-state index in [0.717, 1.165) is 11.1 Å². The number of nitrogen functional groups attached to an aromatic ring is 2. The third-order valence-electron chi connectivity index (χ3n) is 4.80. The molecule has 0 bridgehead atoms. The summed E-state index contributed by atoms with van der Waals surface area (Å²) in [5.41, 5.74) is 15.7. The van der Waals surface area contributed by atoms with Gasteiger partial charge in [0, 0.05) is 22.5 Å². The van der Waals surface area contributed by atoms with Crippen LogP contribution in [0.15, 0.2) is 107 Å². The number of hydrogen-bond donors (Lipinski definition) is 2. The van der Waals surface area contributed by atoms with E-state index < -0.39 is 9.84 Å². The molecule has 5 heteroatoms. The van der Waals surface area contributed by atoms with Crippen molar-refractivity contribution in [1.29, 1.82) is 0 Å². The van der Waals surface area contributed by atoms with E-state index in [-0.39, 0.29) is 9.79 Å². The molecule has 0 saturated heterocycles. The highest BCUT2D eigenvalue weighted by atomic mass is 32.2.